The second-order valence-corrected chi connectivity index (χ2v) is 5.01. The summed E-state index contributed by atoms with van der Waals surface area (Å²) in [5, 5.41) is 0. The van der Waals surface area contributed by atoms with Gasteiger partial charge in [0, 0.05) is 18.9 Å². The van der Waals surface area contributed by atoms with E-state index in [1.165, 1.54) is 16.8 Å². The average Bonchev–Trinajstić information content (AvgIpc) is 2.29. The molecule has 2 aromatic rings. The minimum Gasteiger partial charge on any atom is -0.328 e. The van der Waals surface area contributed by atoms with Crippen molar-refractivity contribution in [1.82, 2.24) is 4.98 Å². The maximum atomic E-state index is 4.40. The SMILES string of the molecule is Cc1ccc(N(C)c2ncccc2Br)c(C)c1. The number of pyridine rings is 1. The van der Waals surface area contributed by atoms with E-state index in [2.05, 4.69) is 57.9 Å². The van der Waals surface area contributed by atoms with Crippen molar-refractivity contribution < 1.29 is 0 Å². The largest absolute Gasteiger partial charge is 0.328 e. The molecule has 0 aliphatic heterocycles. The Bertz CT molecular complexity index is 537. The van der Waals surface area contributed by atoms with Gasteiger partial charge in [-0.15, -0.1) is 0 Å². The zero-order valence-corrected chi connectivity index (χ0v) is 11.8. The second kappa shape index (κ2) is 4.88. The topological polar surface area (TPSA) is 16.1 Å². The molecule has 0 amide bonds. The van der Waals surface area contributed by atoms with Crippen LogP contribution in [0.3, 0.4) is 0 Å². The summed E-state index contributed by atoms with van der Waals surface area (Å²) in [6.45, 7) is 4.23. The Balaban J connectivity index is 2.44. The summed E-state index contributed by atoms with van der Waals surface area (Å²) in [6, 6.07) is 10.4. The van der Waals surface area contributed by atoms with Crippen LogP contribution in [-0.4, -0.2) is 12.0 Å². The Morgan fingerprint density at radius 1 is 1.18 bits per heavy atom. The van der Waals surface area contributed by atoms with E-state index < -0.39 is 0 Å². The summed E-state index contributed by atoms with van der Waals surface area (Å²) in [5.74, 6) is 0.930. The van der Waals surface area contributed by atoms with Crippen LogP contribution in [0.4, 0.5) is 11.5 Å². The van der Waals surface area contributed by atoms with Crippen LogP contribution in [0.5, 0.6) is 0 Å². The van der Waals surface area contributed by atoms with Crippen LogP contribution in [0.25, 0.3) is 0 Å². The van der Waals surface area contributed by atoms with E-state index in [9.17, 15) is 0 Å². The van der Waals surface area contributed by atoms with Crippen molar-refractivity contribution in [3.63, 3.8) is 0 Å². The lowest BCUT2D eigenvalue weighted by Crippen LogP contribution is -2.13. The minimum absolute atomic E-state index is 0.930. The molecular weight excluding hydrogens is 276 g/mol. The third-order valence-corrected chi connectivity index (χ3v) is 3.39. The number of anilines is 2. The number of hydrogen-bond donors (Lipinski definition) is 0. The number of rotatable bonds is 2. The first-order chi connectivity index (χ1) is 8.09. The lowest BCUT2D eigenvalue weighted by atomic mass is 10.1. The third kappa shape index (κ3) is 2.50. The van der Waals surface area contributed by atoms with Gasteiger partial charge in [0.1, 0.15) is 5.82 Å². The zero-order chi connectivity index (χ0) is 12.4. The van der Waals surface area contributed by atoms with Crippen molar-refractivity contribution in [1.29, 1.82) is 0 Å². The molecule has 1 aromatic heterocycles. The Labute approximate surface area is 110 Å². The summed E-state index contributed by atoms with van der Waals surface area (Å²) in [5.41, 5.74) is 3.71. The Kier molecular flexibility index (Phi) is 3.48. The summed E-state index contributed by atoms with van der Waals surface area (Å²) >= 11 is 3.53. The number of benzene rings is 1. The van der Waals surface area contributed by atoms with Gasteiger partial charge in [-0.05, 0) is 53.5 Å². The van der Waals surface area contributed by atoms with Crippen molar-refractivity contribution in [3.05, 3.63) is 52.1 Å². The van der Waals surface area contributed by atoms with Gasteiger partial charge in [0.25, 0.3) is 0 Å². The van der Waals surface area contributed by atoms with Gasteiger partial charge in [0.2, 0.25) is 0 Å². The number of aryl methyl sites for hydroxylation is 2. The molecule has 0 atom stereocenters. The lowest BCUT2D eigenvalue weighted by molar-refractivity contribution is 1.10. The maximum absolute atomic E-state index is 4.40. The monoisotopic (exact) mass is 290 g/mol. The van der Waals surface area contributed by atoms with Crippen molar-refractivity contribution >= 4 is 27.4 Å². The molecule has 88 valence electrons. The first kappa shape index (κ1) is 12.1. The average molecular weight is 291 g/mol. The van der Waals surface area contributed by atoms with E-state index in [-0.39, 0.29) is 0 Å². The van der Waals surface area contributed by atoms with Crippen molar-refractivity contribution in [3.8, 4) is 0 Å². The zero-order valence-electron chi connectivity index (χ0n) is 10.2. The molecule has 0 bridgehead atoms. The van der Waals surface area contributed by atoms with E-state index in [0.717, 1.165) is 10.3 Å². The molecule has 1 aromatic carbocycles. The molecule has 0 spiro atoms. The van der Waals surface area contributed by atoms with E-state index in [1.807, 2.05) is 19.2 Å². The minimum atomic E-state index is 0.930. The lowest BCUT2D eigenvalue weighted by Gasteiger charge is -2.21. The Morgan fingerprint density at radius 2 is 1.94 bits per heavy atom. The van der Waals surface area contributed by atoms with Gasteiger partial charge in [0.15, 0.2) is 0 Å². The van der Waals surface area contributed by atoms with Gasteiger partial charge in [-0.25, -0.2) is 4.98 Å². The first-order valence-electron chi connectivity index (χ1n) is 5.51. The van der Waals surface area contributed by atoms with E-state index in [4.69, 9.17) is 0 Å². The molecule has 17 heavy (non-hydrogen) atoms. The summed E-state index contributed by atoms with van der Waals surface area (Å²) < 4.78 is 1.00. The maximum Gasteiger partial charge on any atom is 0.147 e. The van der Waals surface area contributed by atoms with Gasteiger partial charge in [0.05, 0.1) is 4.47 Å². The molecule has 3 heteroatoms. The molecule has 0 unspecified atom stereocenters. The predicted molar refractivity (Wildman–Crippen MR) is 75.9 cm³/mol. The van der Waals surface area contributed by atoms with Crippen LogP contribution in [0.1, 0.15) is 11.1 Å². The van der Waals surface area contributed by atoms with Gasteiger partial charge in [-0.2, -0.15) is 0 Å². The number of halogens is 1. The quantitative estimate of drug-likeness (QED) is 0.823. The summed E-state index contributed by atoms with van der Waals surface area (Å²) in [6.07, 6.45) is 1.81. The van der Waals surface area contributed by atoms with Crippen LogP contribution in [0, 0.1) is 13.8 Å². The van der Waals surface area contributed by atoms with Crippen molar-refractivity contribution in [2.24, 2.45) is 0 Å². The summed E-state index contributed by atoms with van der Waals surface area (Å²) in [7, 11) is 2.03. The molecule has 0 saturated carbocycles. The summed E-state index contributed by atoms with van der Waals surface area (Å²) in [4.78, 5) is 6.49. The highest BCUT2D eigenvalue weighted by atomic mass is 79.9. The molecule has 0 saturated heterocycles. The van der Waals surface area contributed by atoms with E-state index in [0.29, 0.717) is 0 Å². The highest BCUT2D eigenvalue weighted by Gasteiger charge is 2.10. The van der Waals surface area contributed by atoms with Gasteiger partial charge < -0.3 is 4.90 Å². The molecule has 0 fully saturated rings. The van der Waals surface area contributed by atoms with Crippen LogP contribution >= 0.6 is 15.9 Å². The smallest absolute Gasteiger partial charge is 0.147 e. The van der Waals surface area contributed by atoms with Gasteiger partial charge >= 0.3 is 0 Å². The fraction of sp³-hybridized carbons (Fsp3) is 0.214. The first-order valence-corrected chi connectivity index (χ1v) is 6.30. The van der Waals surface area contributed by atoms with Crippen molar-refractivity contribution in [2.75, 3.05) is 11.9 Å². The standard InChI is InChI=1S/C14H15BrN2/c1-10-6-7-13(11(2)9-10)17(3)14-12(15)5-4-8-16-14/h4-9H,1-3H3. The number of nitrogens with zero attached hydrogens (tertiary/aromatic N) is 2. The molecule has 0 aliphatic rings. The van der Waals surface area contributed by atoms with Gasteiger partial charge in [-0.3, -0.25) is 0 Å². The molecule has 0 aliphatic carbocycles. The highest BCUT2D eigenvalue weighted by molar-refractivity contribution is 9.10. The molecule has 0 radical (unpaired) electrons. The molecule has 2 nitrogen and oxygen atoms in total. The fourth-order valence-corrected chi connectivity index (χ4v) is 2.44. The number of hydrogen-bond acceptors (Lipinski definition) is 2. The second-order valence-electron chi connectivity index (χ2n) is 4.16. The molecule has 1 heterocycles. The van der Waals surface area contributed by atoms with Crippen LogP contribution < -0.4 is 4.90 Å². The Morgan fingerprint density at radius 3 is 2.59 bits per heavy atom. The molecule has 2 rings (SSSR count). The van der Waals surface area contributed by atoms with Crippen LogP contribution in [0.2, 0.25) is 0 Å². The normalized spacial score (nSPS) is 10.4. The van der Waals surface area contributed by atoms with Crippen LogP contribution in [0.15, 0.2) is 41.0 Å². The fourth-order valence-electron chi connectivity index (χ4n) is 1.92. The van der Waals surface area contributed by atoms with E-state index in [1.54, 1.807) is 6.20 Å². The van der Waals surface area contributed by atoms with Gasteiger partial charge in [-0.1, -0.05) is 17.7 Å². The molecular formula is C14H15BrN2. The Hall–Kier alpha value is -1.35. The number of aromatic nitrogens is 1. The highest BCUT2D eigenvalue weighted by Crippen LogP contribution is 2.30. The van der Waals surface area contributed by atoms with Crippen molar-refractivity contribution in [2.45, 2.75) is 13.8 Å². The molecule has 0 N–H and O–H groups in total. The van der Waals surface area contributed by atoms with E-state index >= 15 is 0 Å². The van der Waals surface area contributed by atoms with Crippen LogP contribution in [-0.2, 0) is 0 Å². The third-order valence-electron chi connectivity index (χ3n) is 2.77. The predicted octanol–water partition coefficient (Wildman–Crippen LogP) is 4.23.